The lowest BCUT2D eigenvalue weighted by molar-refractivity contribution is 0.141. The molecule has 0 radical (unpaired) electrons. The van der Waals surface area contributed by atoms with Crippen LogP contribution in [0.3, 0.4) is 0 Å². The van der Waals surface area contributed by atoms with Gasteiger partial charge in [-0.15, -0.1) is 11.3 Å². The minimum Gasteiger partial charge on any atom is -0.390 e. The summed E-state index contributed by atoms with van der Waals surface area (Å²) in [5.74, 6) is 0. The van der Waals surface area contributed by atoms with Gasteiger partial charge in [-0.05, 0) is 25.7 Å². The molecule has 2 nitrogen and oxygen atoms in total. The molecule has 0 aromatic carbocycles. The molecule has 0 amide bonds. The van der Waals surface area contributed by atoms with Crippen LogP contribution < -0.4 is 0 Å². The molecule has 2 rings (SSSR count). The molecular formula is C8H11NOS. The monoisotopic (exact) mass is 169 g/mol. The molecule has 60 valence electrons. The Morgan fingerprint density at radius 2 is 2.45 bits per heavy atom. The predicted molar refractivity (Wildman–Crippen MR) is 44.6 cm³/mol. The maximum Gasteiger partial charge on any atom is 0.0794 e. The van der Waals surface area contributed by atoms with Crippen molar-refractivity contribution < 1.29 is 5.11 Å². The van der Waals surface area contributed by atoms with Gasteiger partial charge in [-0.3, -0.25) is 4.98 Å². The number of aliphatic hydroxyl groups is 1. The summed E-state index contributed by atoms with van der Waals surface area (Å²) < 4.78 is 0. The van der Waals surface area contributed by atoms with Gasteiger partial charge in [0, 0.05) is 11.1 Å². The molecule has 0 spiro atoms. The maximum atomic E-state index is 9.51. The maximum absolute atomic E-state index is 9.51. The van der Waals surface area contributed by atoms with E-state index in [9.17, 15) is 5.11 Å². The highest BCUT2D eigenvalue weighted by Gasteiger charge is 2.39. The van der Waals surface area contributed by atoms with Gasteiger partial charge in [0.2, 0.25) is 0 Å². The van der Waals surface area contributed by atoms with Gasteiger partial charge < -0.3 is 5.11 Å². The van der Waals surface area contributed by atoms with Crippen LogP contribution in [0.5, 0.6) is 0 Å². The van der Waals surface area contributed by atoms with Crippen molar-refractivity contribution in [3.63, 3.8) is 0 Å². The van der Waals surface area contributed by atoms with E-state index in [0.29, 0.717) is 0 Å². The molecule has 0 bridgehead atoms. The molecule has 1 aromatic rings. The average Bonchev–Trinajstić information content (AvgIpc) is 2.53. The zero-order valence-electron chi connectivity index (χ0n) is 6.29. The van der Waals surface area contributed by atoms with Gasteiger partial charge in [-0.25, -0.2) is 0 Å². The molecule has 1 N–H and O–H groups in total. The normalized spacial score (nSPS) is 20.1. The molecular weight excluding hydrogens is 158 g/mol. The fourth-order valence-electron chi connectivity index (χ4n) is 1.12. The van der Waals surface area contributed by atoms with Crippen LogP contribution in [0.1, 0.15) is 24.1 Å². The van der Waals surface area contributed by atoms with Crippen LogP contribution in [0, 0.1) is 0 Å². The Balaban J connectivity index is 1.83. The van der Waals surface area contributed by atoms with Crippen LogP contribution in [0.4, 0.5) is 0 Å². The second kappa shape index (κ2) is 2.57. The Morgan fingerprint density at radius 3 is 3.00 bits per heavy atom. The Hall–Kier alpha value is -0.410. The first-order valence-corrected chi connectivity index (χ1v) is 4.76. The van der Waals surface area contributed by atoms with Crippen LogP contribution in [-0.4, -0.2) is 15.7 Å². The summed E-state index contributed by atoms with van der Waals surface area (Å²) in [6, 6.07) is 0. The highest BCUT2D eigenvalue weighted by atomic mass is 32.1. The van der Waals surface area contributed by atoms with E-state index in [0.717, 1.165) is 25.7 Å². The Kier molecular flexibility index (Phi) is 1.69. The molecule has 1 saturated carbocycles. The quantitative estimate of drug-likeness (QED) is 0.745. The summed E-state index contributed by atoms with van der Waals surface area (Å²) in [6.07, 6.45) is 5.77. The van der Waals surface area contributed by atoms with E-state index >= 15 is 0 Å². The second-order valence-electron chi connectivity index (χ2n) is 3.19. The third kappa shape index (κ3) is 1.79. The Labute approximate surface area is 69.9 Å². The number of aromatic nitrogens is 1. The first kappa shape index (κ1) is 7.25. The summed E-state index contributed by atoms with van der Waals surface area (Å²) in [4.78, 5) is 5.26. The van der Waals surface area contributed by atoms with E-state index in [1.807, 2.05) is 11.7 Å². The lowest BCUT2D eigenvalue weighted by Crippen LogP contribution is -2.06. The molecule has 0 unspecified atom stereocenters. The molecule has 1 heterocycles. The van der Waals surface area contributed by atoms with Crippen molar-refractivity contribution in [3.8, 4) is 0 Å². The molecule has 0 aliphatic heterocycles. The van der Waals surface area contributed by atoms with Crippen LogP contribution in [0.2, 0.25) is 0 Å². The fourth-order valence-corrected chi connectivity index (χ4v) is 1.71. The predicted octanol–water partition coefficient (Wildman–Crippen LogP) is 1.60. The lowest BCUT2D eigenvalue weighted by Gasteiger charge is -2.03. The van der Waals surface area contributed by atoms with E-state index in [1.165, 1.54) is 4.88 Å². The third-order valence-corrected chi connectivity index (χ3v) is 2.99. The van der Waals surface area contributed by atoms with Crippen molar-refractivity contribution >= 4 is 11.3 Å². The minimum absolute atomic E-state index is 0.302. The standard InChI is InChI=1S/C8H11NOS/c10-8(3-4-8)2-1-7-5-9-6-11-7/h5-6,10H,1-4H2. The van der Waals surface area contributed by atoms with Crippen LogP contribution in [0.15, 0.2) is 11.7 Å². The third-order valence-electron chi connectivity index (χ3n) is 2.15. The first-order chi connectivity index (χ1) is 5.29. The van der Waals surface area contributed by atoms with E-state index in [4.69, 9.17) is 0 Å². The molecule has 0 saturated heterocycles. The number of thiazole rings is 1. The zero-order chi connectivity index (χ0) is 7.73. The second-order valence-corrected chi connectivity index (χ2v) is 4.16. The number of hydrogen-bond acceptors (Lipinski definition) is 3. The fraction of sp³-hybridized carbons (Fsp3) is 0.625. The molecule has 1 aliphatic carbocycles. The topological polar surface area (TPSA) is 33.1 Å². The Morgan fingerprint density at radius 1 is 1.64 bits per heavy atom. The average molecular weight is 169 g/mol. The number of rotatable bonds is 3. The number of nitrogens with zero attached hydrogens (tertiary/aromatic N) is 1. The van der Waals surface area contributed by atoms with Crippen molar-refractivity contribution in [2.45, 2.75) is 31.3 Å². The molecule has 11 heavy (non-hydrogen) atoms. The van der Waals surface area contributed by atoms with Crippen molar-refractivity contribution in [2.75, 3.05) is 0 Å². The van der Waals surface area contributed by atoms with Crippen LogP contribution in [-0.2, 0) is 6.42 Å². The molecule has 3 heteroatoms. The van der Waals surface area contributed by atoms with E-state index in [1.54, 1.807) is 11.3 Å². The molecule has 1 aromatic heterocycles. The molecule has 0 atom stereocenters. The summed E-state index contributed by atoms with van der Waals surface area (Å²) in [5.41, 5.74) is 1.54. The lowest BCUT2D eigenvalue weighted by atomic mass is 10.1. The Bertz CT molecular complexity index is 228. The molecule has 1 aliphatic rings. The summed E-state index contributed by atoms with van der Waals surface area (Å²) in [7, 11) is 0. The van der Waals surface area contributed by atoms with Crippen LogP contribution in [0.25, 0.3) is 0 Å². The SMILES string of the molecule is OC1(CCc2cncs2)CC1. The van der Waals surface area contributed by atoms with Gasteiger partial charge in [0.1, 0.15) is 0 Å². The van der Waals surface area contributed by atoms with Crippen molar-refractivity contribution in [1.82, 2.24) is 4.98 Å². The van der Waals surface area contributed by atoms with Gasteiger partial charge in [0.15, 0.2) is 0 Å². The summed E-state index contributed by atoms with van der Waals surface area (Å²) >= 11 is 1.67. The van der Waals surface area contributed by atoms with Gasteiger partial charge in [-0.1, -0.05) is 0 Å². The van der Waals surface area contributed by atoms with E-state index in [-0.39, 0.29) is 5.60 Å². The first-order valence-electron chi connectivity index (χ1n) is 3.88. The summed E-state index contributed by atoms with van der Waals surface area (Å²) in [6.45, 7) is 0. The van der Waals surface area contributed by atoms with Gasteiger partial charge in [0.05, 0.1) is 11.1 Å². The van der Waals surface area contributed by atoms with Gasteiger partial charge in [0.25, 0.3) is 0 Å². The summed E-state index contributed by atoms with van der Waals surface area (Å²) in [5, 5.41) is 9.51. The van der Waals surface area contributed by atoms with Gasteiger partial charge >= 0.3 is 0 Å². The van der Waals surface area contributed by atoms with E-state index in [2.05, 4.69) is 4.98 Å². The highest BCUT2D eigenvalue weighted by Crippen LogP contribution is 2.39. The number of aryl methyl sites for hydroxylation is 1. The van der Waals surface area contributed by atoms with Gasteiger partial charge in [-0.2, -0.15) is 0 Å². The smallest absolute Gasteiger partial charge is 0.0794 e. The van der Waals surface area contributed by atoms with Crippen molar-refractivity contribution in [1.29, 1.82) is 0 Å². The molecule has 1 fully saturated rings. The van der Waals surface area contributed by atoms with Crippen molar-refractivity contribution in [3.05, 3.63) is 16.6 Å². The highest BCUT2D eigenvalue weighted by molar-refractivity contribution is 7.09. The number of hydrogen-bond donors (Lipinski definition) is 1. The largest absolute Gasteiger partial charge is 0.390 e. The zero-order valence-corrected chi connectivity index (χ0v) is 7.10. The van der Waals surface area contributed by atoms with E-state index < -0.39 is 0 Å². The minimum atomic E-state index is -0.302. The van der Waals surface area contributed by atoms with Crippen LogP contribution >= 0.6 is 11.3 Å². The van der Waals surface area contributed by atoms with Crippen molar-refractivity contribution in [2.24, 2.45) is 0 Å².